The van der Waals surface area contributed by atoms with Gasteiger partial charge in [0.05, 0.1) is 38.9 Å². The quantitative estimate of drug-likeness (QED) is 0.199. The van der Waals surface area contributed by atoms with Crippen LogP contribution in [0.3, 0.4) is 0 Å². The Hall–Kier alpha value is -6.88. The summed E-state index contributed by atoms with van der Waals surface area (Å²) >= 11 is 0. The second-order valence-electron chi connectivity index (χ2n) is 12.0. The average molecular weight is 611 g/mol. The zero-order chi connectivity index (χ0) is 32.2. The largest absolute Gasteiger partial charge is 0.309 e. The third-order valence-corrected chi connectivity index (χ3v) is 9.41. The van der Waals surface area contributed by atoms with Crippen LogP contribution in [0.15, 0.2) is 158 Å². The van der Waals surface area contributed by atoms with Crippen LogP contribution >= 0.6 is 0 Å². The van der Waals surface area contributed by atoms with Crippen molar-refractivity contribution in [2.75, 3.05) is 0 Å². The van der Waals surface area contributed by atoms with Gasteiger partial charge in [0.2, 0.25) is 0 Å². The van der Waals surface area contributed by atoms with Crippen molar-refractivity contribution in [3.05, 3.63) is 169 Å². The number of para-hydroxylation sites is 4. The van der Waals surface area contributed by atoms with E-state index in [1.54, 1.807) is 6.07 Å². The number of fused-ring (bicyclic) bond motifs is 6. The van der Waals surface area contributed by atoms with Crippen LogP contribution < -0.4 is 0 Å². The highest BCUT2D eigenvalue weighted by Gasteiger charge is 2.21. The Morgan fingerprint density at radius 1 is 0.396 bits per heavy atom. The van der Waals surface area contributed by atoms with Gasteiger partial charge in [0, 0.05) is 32.8 Å². The molecule has 0 radical (unpaired) electrons. The third-order valence-electron chi connectivity index (χ3n) is 9.41. The second-order valence-corrected chi connectivity index (χ2v) is 12.0. The molecular weight excluding hydrogens is 585 g/mol. The lowest BCUT2D eigenvalue weighted by Crippen LogP contribution is -2.03. The van der Waals surface area contributed by atoms with Crippen LogP contribution in [-0.2, 0) is 0 Å². The minimum Gasteiger partial charge on any atom is -0.309 e. The van der Waals surface area contributed by atoms with Crippen LogP contribution in [0.5, 0.6) is 0 Å². The number of nitriles is 2. The maximum absolute atomic E-state index is 10.5. The van der Waals surface area contributed by atoms with E-state index in [2.05, 4.69) is 143 Å². The average Bonchev–Trinajstić information content (AvgIpc) is 3.67. The molecule has 9 aromatic rings. The predicted octanol–water partition coefficient (Wildman–Crippen LogP) is 11.0. The summed E-state index contributed by atoms with van der Waals surface area (Å²) in [6.45, 7) is 0. The second kappa shape index (κ2) is 10.9. The molecule has 0 saturated carbocycles. The summed E-state index contributed by atoms with van der Waals surface area (Å²) in [5.74, 6) is 0. The van der Waals surface area contributed by atoms with Crippen molar-refractivity contribution >= 4 is 43.6 Å². The highest BCUT2D eigenvalue weighted by Crippen LogP contribution is 2.40. The molecule has 2 aromatic heterocycles. The summed E-state index contributed by atoms with van der Waals surface area (Å²) in [4.78, 5) is 0. The number of aromatic nitrogens is 2. The number of nitrogens with zero attached hydrogens (tertiary/aromatic N) is 4. The Bertz CT molecular complexity index is 2710. The molecule has 0 unspecified atom stereocenters. The van der Waals surface area contributed by atoms with Crippen molar-refractivity contribution in [3.63, 3.8) is 0 Å². The molecular formula is C44H26N4. The molecule has 0 amide bonds. The van der Waals surface area contributed by atoms with Gasteiger partial charge in [-0.05, 0) is 65.2 Å². The van der Waals surface area contributed by atoms with Gasteiger partial charge in [-0.15, -0.1) is 0 Å². The molecule has 4 heteroatoms. The Morgan fingerprint density at radius 2 is 0.875 bits per heavy atom. The van der Waals surface area contributed by atoms with Crippen LogP contribution in [0.1, 0.15) is 11.1 Å². The van der Waals surface area contributed by atoms with E-state index >= 15 is 0 Å². The first-order valence-corrected chi connectivity index (χ1v) is 15.9. The molecule has 9 rings (SSSR count). The summed E-state index contributed by atoms with van der Waals surface area (Å²) < 4.78 is 4.48. The monoisotopic (exact) mass is 610 g/mol. The van der Waals surface area contributed by atoms with E-state index in [0.717, 1.165) is 49.7 Å². The van der Waals surface area contributed by atoms with Gasteiger partial charge in [0.25, 0.3) is 0 Å². The number of rotatable bonds is 4. The van der Waals surface area contributed by atoms with E-state index in [1.807, 2.05) is 30.3 Å². The lowest BCUT2D eigenvalue weighted by molar-refractivity contribution is 1.16. The van der Waals surface area contributed by atoms with Crippen molar-refractivity contribution in [1.82, 2.24) is 9.13 Å². The van der Waals surface area contributed by atoms with Gasteiger partial charge < -0.3 is 9.13 Å². The van der Waals surface area contributed by atoms with Gasteiger partial charge in [0.1, 0.15) is 12.1 Å². The molecule has 0 aliphatic heterocycles. The van der Waals surface area contributed by atoms with Gasteiger partial charge in [-0.25, -0.2) is 0 Å². The zero-order valence-corrected chi connectivity index (χ0v) is 25.8. The minimum atomic E-state index is 0.355. The SMILES string of the molecule is N#Cc1ccc(-c2cccc(-c3cccc(-n4c5ccccc5c5ccccc54)c3)c2)c(-n2c3ccccc3c3ccccc32)c1C#N. The molecule has 0 atom stereocenters. The van der Waals surface area contributed by atoms with Crippen molar-refractivity contribution in [2.45, 2.75) is 0 Å². The lowest BCUT2D eigenvalue weighted by Gasteiger charge is -2.17. The molecule has 4 nitrogen and oxygen atoms in total. The van der Waals surface area contributed by atoms with Crippen molar-refractivity contribution in [1.29, 1.82) is 10.5 Å². The zero-order valence-electron chi connectivity index (χ0n) is 25.8. The molecule has 0 aliphatic carbocycles. The number of benzene rings is 7. The Balaban J connectivity index is 1.26. The van der Waals surface area contributed by atoms with Crippen LogP contribution in [0.25, 0.3) is 77.2 Å². The lowest BCUT2D eigenvalue weighted by atomic mass is 9.94. The van der Waals surface area contributed by atoms with E-state index in [0.29, 0.717) is 16.8 Å². The topological polar surface area (TPSA) is 57.4 Å². The molecule has 2 heterocycles. The van der Waals surface area contributed by atoms with E-state index in [4.69, 9.17) is 0 Å². The molecule has 0 aliphatic rings. The number of hydrogen-bond donors (Lipinski definition) is 0. The first-order valence-electron chi connectivity index (χ1n) is 15.9. The van der Waals surface area contributed by atoms with Crippen molar-refractivity contribution in [2.24, 2.45) is 0 Å². The van der Waals surface area contributed by atoms with Crippen LogP contribution in [-0.4, -0.2) is 9.13 Å². The van der Waals surface area contributed by atoms with E-state index < -0.39 is 0 Å². The molecule has 0 N–H and O–H groups in total. The maximum Gasteiger partial charge on any atom is 0.103 e. The van der Waals surface area contributed by atoms with E-state index in [1.165, 1.54) is 21.8 Å². The third kappa shape index (κ3) is 4.07. The summed E-state index contributed by atoms with van der Waals surface area (Å²) in [7, 11) is 0. The molecule has 222 valence electrons. The van der Waals surface area contributed by atoms with Gasteiger partial charge in [-0.1, -0.05) is 109 Å². The fraction of sp³-hybridized carbons (Fsp3) is 0. The summed E-state index contributed by atoms with van der Waals surface area (Å²) in [5, 5.41) is 25.3. The standard InChI is InChI=1S/C44H26N4/c45-27-32-23-24-34(44(39(32)28-46)48-42-21-7-3-17-37(42)38-18-4-8-22-43(38)48)31-13-9-11-29(25-31)30-12-10-14-33(26-30)47-40-19-5-1-15-35(40)36-16-2-6-20-41(36)47/h1-26H. The Morgan fingerprint density at radius 3 is 1.42 bits per heavy atom. The predicted molar refractivity (Wildman–Crippen MR) is 195 cm³/mol. The molecule has 0 fully saturated rings. The molecule has 0 spiro atoms. The summed E-state index contributed by atoms with van der Waals surface area (Å²) in [6.07, 6.45) is 0. The molecule has 48 heavy (non-hydrogen) atoms. The van der Waals surface area contributed by atoms with Gasteiger partial charge in [-0.3, -0.25) is 0 Å². The minimum absolute atomic E-state index is 0.355. The molecule has 0 saturated heterocycles. The number of hydrogen-bond acceptors (Lipinski definition) is 2. The highest BCUT2D eigenvalue weighted by molar-refractivity contribution is 6.11. The van der Waals surface area contributed by atoms with Crippen molar-refractivity contribution < 1.29 is 0 Å². The van der Waals surface area contributed by atoms with Crippen LogP contribution in [0, 0.1) is 22.7 Å². The normalized spacial score (nSPS) is 11.3. The summed E-state index contributed by atoms with van der Waals surface area (Å²) in [5.41, 5.74) is 10.8. The maximum atomic E-state index is 10.5. The fourth-order valence-corrected chi connectivity index (χ4v) is 7.32. The van der Waals surface area contributed by atoms with Crippen LogP contribution in [0.2, 0.25) is 0 Å². The Kier molecular flexibility index (Phi) is 6.22. The molecule has 7 aromatic carbocycles. The molecule has 0 bridgehead atoms. The van der Waals surface area contributed by atoms with E-state index in [-0.39, 0.29) is 0 Å². The fourth-order valence-electron chi connectivity index (χ4n) is 7.32. The first kappa shape index (κ1) is 27.4. The smallest absolute Gasteiger partial charge is 0.103 e. The van der Waals surface area contributed by atoms with E-state index in [9.17, 15) is 10.5 Å². The van der Waals surface area contributed by atoms with Gasteiger partial charge in [-0.2, -0.15) is 10.5 Å². The van der Waals surface area contributed by atoms with Gasteiger partial charge in [0.15, 0.2) is 0 Å². The summed E-state index contributed by atoms with van der Waals surface area (Å²) in [6, 6.07) is 59.1. The van der Waals surface area contributed by atoms with Crippen molar-refractivity contribution in [3.8, 4) is 45.8 Å². The van der Waals surface area contributed by atoms with Gasteiger partial charge >= 0.3 is 0 Å². The Labute approximate surface area is 277 Å². The highest BCUT2D eigenvalue weighted by atomic mass is 15.0. The first-order chi connectivity index (χ1) is 23.7. The van der Waals surface area contributed by atoms with Crippen LogP contribution in [0.4, 0.5) is 0 Å².